The van der Waals surface area contributed by atoms with Gasteiger partial charge in [0.05, 0.1) is 5.69 Å². The summed E-state index contributed by atoms with van der Waals surface area (Å²) in [4.78, 5) is 27.3. The van der Waals surface area contributed by atoms with Gasteiger partial charge in [-0.3, -0.25) is 9.59 Å². The quantitative estimate of drug-likeness (QED) is 0.518. The second-order valence-electron chi connectivity index (χ2n) is 7.89. The Morgan fingerprint density at radius 3 is 2.00 bits per heavy atom. The summed E-state index contributed by atoms with van der Waals surface area (Å²) in [6.07, 6.45) is 0.698. The number of amides is 2. The molecule has 0 aliphatic carbocycles. The lowest BCUT2D eigenvalue weighted by atomic mass is 10.1. The van der Waals surface area contributed by atoms with Crippen molar-refractivity contribution in [1.82, 2.24) is 14.5 Å². The van der Waals surface area contributed by atoms with Gasteiger partial charge in [-0.1, -0.05) is 19.1 Å². The fraction of sp³-hybridized carbons (Fsp3) is 0.391. The van der Waals surface area contributed by atoms with E-state index in [0.29, 0.717) is 18.5 Å². The van der Waals surface area contributed by atoms with Crippen molar-refractivity contribution in [3.63, 3.8) is 0 Å². The second-order valence-corrected chi connectivity index (χ2v) is 9.96. The number of halogens is 2. The molecule has 0 bridgehead atoms. The smallest absolute Gasteiger partial charge is 0.304 e. The van der Waals surface area contributed by atoms with Crippen LogP contribution in [-0.4, -0.2) is 62.7 Å². The summed E-state index contributed by atoms with van der Waals surface area (Å²) in [5, 5.41) is 2.73. The van der Waals surface area contributed by atoms with Crippen LogP contribution >= 0.6 is 0 Å². The summed E-state index contributed by atoms with van der Waals surface area (Å²) in [7, 11) is -1.50. The van der Waals surface area contributed by atoms with Crippen molar-refractivity contribution in [2.45, 2.75) is 32.9 Å². The van der Waals surface area contributed by atoms with Crippen LogP contribution in [0.1, 0.15) is 25.8 Å². The van der Waals surface area contributed by atoms with Crippen molar-refractivity contribution in [3.05, 3.63) is 65.7 Å². The predicted octanol–water partition coefficient (Wildman–Crippen LogP) is 2.52. The molecule has 0 saturated carbocycles. The summed E-state index contributed by atoms with van der Waals surface area (Å²) in [5.74, 6) is -2.06. The number of nitrogens with one attached hydrogen (secondary N) is 1. The zero-order valence-electron chi connectivity index (χ0n) is 19.7. The molecular formula is C23H30F2N4O4S. The van der Waals surface area contributed by atoms with Crippen LogP contribution in [0.4, 0.5) is 14.5 Å². The molecule has 2 rings (SSSR count). The second kappa shape index (κ2) is 11.9. The molecule has 0 heterocycles. The van der Waals surface area contributed by atoms with Crippen LogP contribution in [0.5, 0.6) is 0 Å². The van der Waals surface area contributed by atoms with Gasteiger partial charge >= 0.3 is 10.2 Å². The molecule has 2 amide bonds. The van der Waals surface area contributed by atoms with Gasteiger partial charge in [-0.25, -0.2) is 13.1 Å². The van der Waals surface area contributed by atoms with E-state index in [2.05, 4.69) is 5.32 Å². The Hall–Kier alpha value is -3.05. The van der Waals surface area contributed by atoms with Crippen molar-refractivity contribution >= 4 is 27.7 Å². The van der Waals surface area contributed by atoms with E-state index in [1.165, 1.54) is 62.3 Å². The highest BCUT2D eigenvalue weighted by molar-refractivity contribution is 7.90. The lowest BCUT2D eigenvalue weighted by Gasteiger charge is -2.32. The van der Waals surface area contributed by atoms with Crippen molar-refractivity contribution < 1.29 is 26.8 Å². The molecule has 0 aliphatic heterocycles. The number of hydrogen-bond acceptors (Lipinski definition) is 4. The number of carbonyl (C=O) groups is 2. The molecule has 2 aromatic rings. The Morgan fingerprint density at radius 2 is 1.50 bits per heavy atom. The van der Waals surface area contributed by atoms with E-state index in [1.54, 1.807) is 0 Å². The molecule has 0 spiro atoms. The minimum absolute atomic E-state index is 0.0426. The fourth-order valence-electron chi connectivity index (χ4n) is 3.09. The molecule has 0 aliphatic rings. The molecule has 0 unspecified atom stereocenters. The molecule has 11 heteroatoms. The molecule has 34 heavy (non-hydrogen) atoms. The summed E-state index contributed by atoms with van der Waals surface area (Å²) < 4.78 is 54.5. The van der Waals surface area contributed by atoms with Crippen molar-refractivity contribution in [1.29, 1.82) is 0 Å². The van der Waals surface area contributed by atoms with E-state index >= 15 is 0 Å². The van der Waals surface area contributed by atoms with Crippen molar-refractivity contribution in [2.75, 3.05) is 31.5 Å². The topological polar surface area (TPSA) is 90.0 Å². The average molecular weight is 497 g/mol. The first-order chi connectivity index (χ1) is 16.0. The Morgan fingerprint density at radius 1 is 0.971 bits per heavy atom. The predicted molar refractivity (Wildman–Crippen MR) is 126 cm³/mol. The summed E-state index contributed by atoms with van der Waals surface area (Å²) in [6, 6.07) is 9.21. The number of carbonyl (C=O) groups excluding carboxylic acids is 2. The summed E-state index contributed by atoms with van der Waals surface area (Å²) in [6.45, 7) is 3.17. The molecule has 186 valence electrons. The molecule has 1 atom stereocenters. The number of anilines is 1. The fourth-order valence-corrected chi connectivity index (χ4v) is 4.15. The van der Waals surface area contributed by atoms with E-state index in [4.69, 9.17) is 0 Å². The van der Waals surface area contributed by atoms with Gasteiger partial charge in [0.1, 0.15) is 24.2 Å². The van der Waals surface area contributed by atoms with Gasteiger partial charge in [-0.05, 0) is 55.3 Å². The van der Waals surface area contributed by atoms with Crippen molar-refractivity contribution in [2.24, 2.45) is 0 Å². The monoisotopic (exact) mass is 496 g/mol. The third kappa shape index (κ3) is 6.97. The van der Waals surface area contributed by atoms with E-state index in [9.17, 15) is 26.8 Å². The Kier molecular flexibility index (Phi) is 9.51. The molecular weight excluding hydrogens is 466 g/mol. The van der Waals surface area contributed by atoms with Crippen LogP contribution in [0.15, 0.2) is 48.5 Å². The molecule has 0 aromatic heterocycles. The molecule has 0 fully saturated rings. The minimum atomic E-state index is -4.13. The summed E-state index contributed by atoms with van der Waals surface area (Å²) >= 11 is 0. The number of hydrogen-bond donors (Lipinski definition) is 1. The average Bonchev–Trinajstić information content (AvgIpc) is 2.80. The molecule has 0 radical (unpaired) electrons. The van der Waals surface area contributed by atoms with Crippen LogP contribution < -0.4 is 9.62 Å². The van der Waals surface area contributed by atoms with Gasteiger partial charge in [-0.15, -0.1) is 0 Å². The molecule has 8 nitrogen and oxygen atoms in total. The highest BCUT2D eigenvalue weighted by Gasteiger charge is 2.32. The van der Waals surface area contributed by atoms with Gasteiger partial charge in [0.25, 0.3) is 0 Å². The third-order valence-corrected chi connectivity index (χ3v) is 6.94. The third-order valence-electron chi connectivity index (χ3n) is 5.12. The largest absolute Gasteiger partial charge is 0.354 e. The van der Waals surface area contributed by atoms with E-state index in [1.807, 2.05) is 6.92 Å². The maximum Gasteiger partial charge on any atom is 0.304 e. The van der Waals surface area contributed by atoms with Gasteiger partial charge < -0.3 is 10.2 Å². The molecule has 1 N–H and O–H groups in total. The van der Waals surface area contributed by atoms with Gasteiger partial charge in [0.15, 0.2) is 0 Å². The maximum atomic E-state index is 13.4. The summed E-state index contributed by atoms with van der Waals surface area (Å²) in [5.41, 5.74) is 0.655. The molecule has 2 aromatic carbocycles. The van der Waals surface area contributed by atoms with E-state index in [0.717, 1.165) is 20.7 Å². The maximum absolute atomic E-state index is 13.4. The van der Waals surface area contributed by atoms with Crippen LogP contribution in [0.3, 0.4) is 0 Å². The SMILES string of the molecule is CCCNC(=O)[C@H](C)N(Cc1ccc(F)cc1)C(=O)CN(c1ccc(F)cc1)S(=O)(=O)N(C)C. The minimum Gasteiger partial charge on any atom is -0.354 e. The van der Waals surface area contributed by atoms with Crippen LogP contribution in [0, 0.1) is 11.6 Å². The lowest BCUT2D eigenvalue weighted by Crippen LogP contribution is -2.52. The number of benzene rings is 2. The number of nitrogens with zero attached hydrogens (tertiary/aromatic N) is 3. The highest BCUT2D eigenvalue weighted by atomic mass is 32.2. The first-order valence-electron chi connectivity index (χ1n) is 10.7. The first-order valence-corrected chi connectivity index (χ1v) is 12.1. The van der Waals surface area contributed by atoms with Crippen LogP contribution in [0.25, 0.3) is 0 Å². The molecule has 0 saturated heterocycles. The van der Waals surface area contributed by atoms with E-state index in [-0.39, 0.29) is 12.2 Å². The van der Waals surface area contributed by atoms with Gasteiger partial charge in [0, 0.05) is 27.2 Å². The lowest BCUT2D eigenvalue weighted by molar-refractivity contribution is -0.139. The Labute approximate surface area is 199 Å². The van der Waals surface area contributed by atoms with Crippen LogP contribution in [0.2, 0.25) is 0 Å². The highest BCUT2D eigenvalue weighted by Crippen LogP contribution is 2.21. The Bertz CT molecular complexity index is 1080. The van der Waals surface area contributed by atoms with Crippen molar-refractivity contribution in [3.8, 4) is 0 Å². The first kappa shape index (κ1) is 27.2. The zero-order chi connectivity index (χ0) is 25.5. The normalized spacial score (nSPS) is 12.3. The van der Waals surface area contributed by atoms with Gasteiger partial charge in [0.2, 0.25) is 11.8 Å². The van der Waals surface area contributed by atoms with E-state index < -0.39 is 46.2 Å². The number of rotatable bonds is 11. The standard InChI is InChI=1S/C23H30F2N4O4S/c1-5-14-26-23(31)17(2)28(15-18-6-8-19(24)9-7-18)22(30)16-29(34(32,33)27(3)4)21-12-10-20(25)11-13-21/h6-13,17H,5,14-16H2,1-4H3,(H,26,31)/t17-/m0/s1. The van der Waals surface area contributed by atoms with Gasteiger partial charge in [-0.2, -0.15) is 12.7 Å². The van der Waals surface area contributed by atoms with Crippen LogP contribution in [-0.2, 0) is 26.3 Å². The Balaban J connectivity index is 2.41. The zero-order valence-corrected chi connectivity index (χ0v) is 20.5.